The van der Waals surface area contributed by atoms with Crippen molar-refractivity contribution < 1.29 is 9.53 Å². The molecular formula is C16H28O2. The Balaban J connectivity index is 4.15. The monoisotopic (exact) mass is 252 g/mol. The van der Waals surface area contributed by atoms with Crippen LogP contribution in [0.15, 0.2) is 23.3 Å². The zero-order valence-electron chi connectivity index (χ0n) is 12.7. The highest BCUT2D eigenvalue weighted by Crippen LogP contribution is 2.11. The molecule has 2 atom stereocenters. The van der Waals surface area contributed by atoms with Crippen LogP contribution in [-0.2, 0) is 9.53 Å². The van der Waals surface area contributed by atoms with Gasteiger partial charge in [-0.25, -0.2) is 0 Å². The van der Waals surface area contributed by atoms with Crippen molar-refractivity contribution in [3.8, 4) is 0 Å². The van der Waals surface area contributed by atoms with Crippen LogP contribution in [0.5, 0.6) is 0 Å². The molecule has 0 bridgehead atoms. The first-order valence-corrected chi connectivity index (χ1v) is 6.88. The van der Waals surface area contributed by atoms with E-state index in [1.807, 2.05) is 26.8 Å². The highest BCUT2D eigenvalue weighted by atomic mass is 16.5. The summed E-state index contributed by atoms with van der Waals surface area (Å²) >= 11 is 0. The van der Waals surface area contributed by atoms with Crippen LogP contribution < -0.4 is 0 Å². The molecule has 0 fully saturated rings. The molecule has 18 heavy (non-hydrogen) atoms. The van der Waals surface area contributed by atoms with Gasteiger partial charge in [-0.3, -0.25) is 4.79 Å². The maximum Gasteiger partial charge on any atom is 0.309 e. The van der Waals surface area contributed by atoms with Crippen molar-refractivity contribution in [1.29, 1.82) is 0 Å². The number of hydrogen-bond acceptors (Lipinski definition) is 2. The lowest BCUT2D eigenvalue weighted by atomic mass is 10.1. The average Bonchev–Trinajstić information content (AvgIpc) is 2.26. The summed E-state index contributed by atoms with van der Waals surface area (Å²) in [6.07, 6.45) is 7.05. The van der Waals surface area contributed by atoms with Crippen molar-refractivity contribution in [1.82, 2.24) is 0 Å². The van der Waals surface area contributed by atoms with E-state index in [-0.39, 0.29) is 18.0 Å². The van der Waals surface area contributed by atoms with E-state index in [1.165, 1.54) is 11.1 Å². The van der Waals surface area contributed by atoms with E-state index in [9.17, 15) is 4.79 Å². The van der Waals surface area contributed by atoms with Crippen LogP contribution in [0.1, 0.15) is 60.8 Å². The first kappa shape index (κ1) is 16.9. The lowest BCUT2D eigenvalue weighted by Crippen LogP contribution is -2.19. The van der Waals surface area contributed by atoms with Crippen LogP contribution in [0.2, 0.25) is 0 Å². The molecule has 0 amide bonds. The fourth-order valence-electron chi connectivity index (χ4n) is 1.57. The molecule has 0 rings (SSSR count). The highest BCUT2D eigenvalue weighted by molar-refractivity contribution is 5.72. The Bertz CT molecular complexity index is 309. The summed E-state index contributed by atoms with van der Waals surface area (Å²) in [5.41, 5.74) is 2.62. The summed E-state index contributed by atoms with van der Waals surface area (Å²) in [5.74, 6) is -0.106. The van der Waals surface area contributed by atoms with Crippen molar-refractivity contribution in [2.45, 2.75) is 66.9 Å². The van der Waals surface area contributed by atoms with Crippen molar-refractivity contribution in [2.24, 2.45) is 5.92 Å². The van der Waals surface area contributed by atoms with Gasteiger partial charge in [-0.2, -0.15) is 0 Å². The van der Waals surface area contributed by atoms with Gasteiger partial charge in [0.2, 0.25) is 0 Å². The van der Waals surface area contributed by atoms with Crippen LogP contribution in [0.4, 0.5) is 0 Å². The molecule has 0 aliphatic heterocycles. The fourth-order valence-corrected chi connectivity index (χ4v) is 1.57. The van der Waals surface area contributed by atoms with Crippen molar-refractivity contribution in [3.05, 3.63) is 23.3 Å². The smallest absolute Gasteiger partial charge is 0.309 e. The molecule has 0 unspecified atom stereocenters. The van der Waals surface area contributed by atoms with Crippen molar-refractivity contribution in [2.75, 3.05) is 0 Å². The normalized spacial score (nSPS) is 14.9. The molecule has 0 N–H and O–H groups in total. The average molecular weight is 252 g/mol. The van der Waals surface area contributed by atoms with E-state index in [4.69, 9.17) is 4.74 Å². The minimum absolute atomic E-state index is 0.00756. The van der Waals surface area contributed by atoms with Crippen LogP contribution in [0, 0.1) is 5.92 Å². The van der Waals surface area contributed by atoms with Crippen LogP contribution in [0.25, 0.3) is 0 Å². The Kier molecular flexibility index (Phi) is 8.43. The second kappa shape index (κ2) is 8.96. The first-order chi connectivity index (χ1) is 8.36. The summed E-state index contributed by atoms with van der Waals surface area (Å²) in [4.78, 5) is 11.6. The van der Waals surface area contributed by atoms with E-state index in [2.05, 4.69) is 26.8 Å². The van der Waals surface area contributed by atoms with Gasteiger partial charge in [0.25, 0.3) is 0 Å². The summed E-state index contributed by atoms with van der Waals surface area (Å²) < 4.78 is 5.37. The molecule has 104 valence electrons. The van der Waals surface area contributed by atoms with Crippen LogP contribution in [0.3, 0.4) is 0 Å². The topological polar surface area (TPSA) is 26.3 Å². The quantitative estimate of drug-likeness (QED) is 0.486. The zero-order chi connectivity index (χ0) is 14.1. The molecule has 0 saturated heterocycles. The van der Waals surface area contributed by atoms with Gasteiger partial charge in [-0.05, 0) is 53.0 Å². The van der Waals surface area contributed by atoms with Gasteiger partial charge in [0.1, 0.15) is 6.10 Å². The maximum atomic E-state index is 11.6. The van der Waals surface area contributed by atoms with Crippen molar-refractivity contribution >= 4 is 5.97 Å². The molecule has 2 heteroatoms. The number of carbonyl (C=O) groups is 1. The van der Waals surface area contributed by atoms with E-state index >= 15 is 0 Å². The molecule has 0 aromatic rings. The highest BCUT2D eigenvalue weighted by Gasteiger charge is 2.14. The third kappa shape index (κ3) is 8.10. The number of esters is 1. The minimum atomic E-state index is -0.127. The largest absolute Gasteiger partial charge is 0.458 e. The van der Waals surface area contributed by atoms with Gasteiger partial charge in [0, 0.05) is 0 Å². The lowest BCUT2D eigenvalue weighted by Gasteiger charge is -2.14. The molecular weight excluding hydrogens is 224 g/mol. The molecule has 0 spiro atoms. The van der Waals surface area contributed by atoms with Crippen LogP contribution in [-0.4, -0.2) is 12.1 Å². The van der Waals surface area contributed by atoms with Crippen LogP contribution >= 0.6 is 0 Å². The van der Waals surface area contributed by atoms with Gasteiger partial charge in [0.05, 0.1) is 5.92 Å². The summed E-state index contributed by atoms with van der Waals surface area (Å²) in [6.45, 7) is 12.1. The molecule has 0 heterocycles. The van der Waals surface area contributed by atoms with E-state index in [1.54, 1.807) is 0 Å². The van der Waals surface area contributed by atoms with Gasteiger partial charge in [-0.1, -0.05) is 31.1 Å². The number of rotatable bonds is 7. The van der Waals surface area contributed by atoms with Gasteiger partial charge < -0.3 is 4.74 Å². The predicted molar refractivity (Wildman–Crippen MR) is 77.4 cm³/mol. The lowest BCUT2D eigenvalue weighted by molar-refractivity contribution is -0.150. The molecule has 0 aromatic heterocycles. The second-order valence-electron chi connectivity index (χ2n) is 5.28. The third-order valence-corrected chi connectivity index (χ3v) is 2.93. The Hall–Kier alpha value is -1.05. The molecule has 2 nitrogen and oxygen atoms in total. The predicted octanol–water partition coefficient (Wildman–Crippen LogP) is 4.66. The summed E-state index contributed by atoms with van der Waals surface area (Å²) in [6, 6.07) is 0. The standard InChI is InChI=1S/C16H28O2/c1-7-14(5)16(17)18-15(6)11-13(4)10-8-9-12(2)3/h9,11,14-15H,7-8,10H2,1-6H3/b13-11+/t14-,15-/m0/s1. The Labute approximate surface area is 112 Å². The number of carbonyl (C=O) groups excluding carboxylic acids is 1. The first-order valence-electron chi connectivity index (χ1n) is 6.88. The third-order valence-electron chi connectivity index (χ3n) is 2.93. The van der Waals surface area contributed by atoms with E-state index < -0.39 is 0 Å². The van der Waals surface area contributed by atoms with Gasteiger partial charge in [0.15, 0.2) is 0 Å². The van der Waals surface area contributed by atoms with Gasteiger partial charge >= 0.3 is 5.97 Å². The van der Waals surface area contributed by atoms with E-state index in [0.29, 0.717) is 0 Å². The zero-order valence-corrected chi connectivity index (χ0v) is 12.7. The second-order valence-corrected chi connectivity index (χ2v) is 5.28. The SMILES string of the molecule is CC[C@H](C)C(=O)O[C@@H](C)/C=C(\C)CCC=C(C)C. The molecule has 0 aromatic carbocycles. The van der Waals surface area contributed by atoms with E-state index in [0.717, 1.165) is 19.3 Å². The number of hydrogen-bond donors (Lipinski definition) is 0. The Morgan fingerprint density at radius 2 is 1.83 bits per heavy atom. The van der Waals surface area contributed by atoms with Gasteiger partial charge in [-0.15, -0.1) is 0 Å². The summed E-state index contributed by atoms with van der Waals surface area (Å²) in [5, 5.41) is 0. The number of allylic oxidation sites excluding steroid dienone is 3. The molecule has 0 aliphatic carbocycles. The van der Waals surface area contributed by atoms with Crippen molar-refractivity contribution in [3.63, 3.8) is 0 Å². The fraction of sp³-hybridized carbons (Fsp3) is 0.688. The maximum absolute atomic E-state index is 11.6. The Morgan fingerprint density at radius 3 is 2.33 bits per heavy atom. The molecule has 0 radical (unpaired) electrons. The molecule has 0 aliphatic rings. The minimum Gasteiger partial charge on any atom is -0.458 e. The number of ether oxygens (including phenoxy) is 1. The summed E-state index contributed by atoms with van der Waals surface area (Å²) in [7, 11) is 0. The molecule has 0 saturated carbocycles. The Morgan fingerprint density at radius 1 is 1.22 bits per heavy atom.